The first-order valence-electron chi connectivity index (χ1n) is 6.63. The molecule has 0 radical (unpaired) electrons. The van der Waals surface area contributed by atoms with Gasteiger partial charge in [-0.1, -0.05) is 33.1 Å². The minimum absolute atomic E-state index is 0.103. The lowest BCUT2D eigenvalue weighted by Crippen LogP contribution is -2.35. The van der Waals surface area contributed by atoms with Crippen molar-refractivity contribution in [1.82, 2.24) is 4.72 Å². The molecule has 4 nitrogen and oxygen atoms in total. The van der Waals surface area contributed by atoms with Gasteiger partial charge >= 0.3 is 0 Å². The van der Waals surface area contributed by atoms with Crippen molar-refractivity contribution >= 4 is 10.0 Å². The van der Waals surface area contributed by atoms with E-state index in [-0.39, 0.29) is 23.7 Å². The standard InChI is InChI=1S/C12H25NO3S/c1-3-10(4-2)9-17(15,16)13-8-11-6-5-7-12(11)14/h10-14H,3-9H2,1-2H3. The first kappa shape index (κ1) is 14.9. The molecule has 1 aliphatic carbocycles. The Morgan fingerprint density at radius 2 is 1.94 bits per heavy atom. The molecule has 1 rings (SSSR count). The number of hydrogen-bond donors (Lipinski definition) is 2. The van der Waals surface area contributed by atoms with E-state index in [1.54, 1.807) is 0 Å². The average Bonchev–Trinajstić information content (AvgIpc) is 2.69. The summed E-state index contributed by atoms with van der Waals surface area (Å²) >= 11 is 0. The molecule has 102 valence electrons. The van der Waals surface area contributed by atoms with Gasteiger partial charge in [-0.05, 0) is 24.7 Å². The topological polar surface area (TPSA) is 66.4 Å². The van der Waals surface area contributed by atoms with Gasteiger partial charge in [0, 0.05) is 6.54 Å². The van der Waals surface area contributed by atoms with Gasteiger partial charge in [-0.15, -0.1) is 0 Å². The summed E-state index contributed by atoms with van der Waals surface area (Å²) in [4.78, 5) is 0. The van der Waals surface area contributed by atoms with Gasteiger partial charge in [-0.2, -0.15) is 0 Å². The van der Waals surface area contributed by atoms with Crippen LogP contribution in [0.4, 0.5) is 0 Å². The zero-order chi connectivity index (χ0) is 12.9. The molecule has 0 aromatic rings. The van der Waals surface area contributed by atoms with Crippen LogP contribution >= 0.6 is 0 Å². The molecule has 0 spiro atoms. The van der Waals surface area contributed by atoms with Crippen molar-refractivity contribution in [2.45, 2.75) is 52.1 Å². The van der Waals surface area contributed by atoms with Crippen LogP contribution in [0, 0.1) is 11.8 Å². The second-order valence-corrected chi connectivity index (χ2v) is 6.92. The van der Waals surface area contributed by atoms with Crippen molar-refractivity contribution in [3.05, 3.63) is 0 Å². The molecule has 2 N–H and O–H groups in total. The lowest BCUT2D eigenvalue weighted by Gasteiger charge is -2.17. The van der Waals surface area contributed by atoms with E-state index >= 15 is 0 Å². The Labute approximate surface area is 105 Å². The number of rotatable bonds is 7. The molecule has 2 unspecified atom stereocenters. The molecule has 2 atom stereocenters. The van der Waals surface area contributed by atoms with Crippen LogP contribution in [-0.4, -0.2) is 31.9 Å². The number of hydrogen-bond acceptors (Lipinski definition) is 3. The van der Waals surface area contributed by atoms with E-state index in [9.17, 15) is 13.5 Å². The minimum Gasteiger partial charge on any atom is -0.393 e. The largest absolute Gasteiger partial charge is 0.393 e. The predicted molar refractivity (Wildman–Crippen MR) is 69.2 cm³/mol. The van der Waals surface area contributed by atoms with E-state index in [1.807, 2.05) is 13.8 Å². The number of aliphatic hydroxyl groups excluding tert-OH is 1. The Morgan fingerprint density at radius 1 is 1.29 bits per heavy atom. The highest BCUT2D eigenvalue weighted by Gasteiger charge is 2.26. The lowest BCUT2D eigenvalue weighted by molar-refractivity contribution is 0.134. The Balaban J connectivity index is 2.38. The van der Waals surface area contributed by atoms with E-state index in [0.717, 1.165) is 32.1 Å². The van der Waals surface area contributed by atoms with Crippen LogP contribution in [0.1, 0.15) is 46.0 Å². The van der Waals surface area contributed by atoms with Crippen LogP contribution in [0.25, 0.3) is 0 Å². The summed E-state index contributed by atoms with van der Waals surface area (Å²) in [5, 5.41) is 9.63. The first-order valence-corrected chi connectivity index (χ1v) is 8.29. The summed E-state index contributed by atoms with van der Waals surface area (Å²) in [6, 6.07) is 0. The summed E-state index contributed by atoms with van der Waals surface area (Å²) < 4.78 is 26.3. The Hall–Kier alpha value is -0.130. The second kappa shape index (κ2) is 6.71. The zero-order valence-electron chi connectivity index (χ0n) is 10.9. The van der Waals surface area contributed by atoms with E-state index in [4.69, 9.17) is 0 Å². The minimum atomic E-state index is -3.18. The fourth-order valence-corrected chi connectivity index (χ4v) is 4.06. The van der Waals surface area contributed by atoms with Crippen molar-refractivity contribution in [1.29, 1.82) is 0 Å². The maximum absolute atomic E-state index is 11.8. The Bertz CT molecular complexity index is 312. The normalized spacial score (nSPS) is 25.6. The van der Waals surface area contributed by atoms with E-state index in [2.05, 4.69) is 4.72 Å². The zero-order valence-corrected chi connectivity index (χ0v) is 11.7. The molecule has 0 saturated heterocycles. The van der Waals surface area contributed by atoms with Crippen molar-refractivity contribution in [2.24, 2.45) is 11.8 Å². The molecule has 0 aliphatic heterocycles. The summed E-state index contributed by atoms with van der Waals surface area (Å²) in [6.45, 7) is 4.43. The third-order valence-corrected chi connectivity index (χ3v) is 5.31. The fraction of sp³-hybridized carbons (Fsp3) is 1.00. The van der Waals surface area contributed by atoms with Crippen molar-refractivity contribution < 1.29 is 13.5 Å². The smallest absolute Gasteiger partial charge is 0.211 e. The Kier molecular flexibility index (Phi) is 5.89. The highest BCUT2D eigenvalue weighted by molar-refractivity contribution is 7.89. The molecular formula is C12H25NO3S. The van der Waals surface area contributed by atoms with Gasteiger partial charge in [0.25, 0.3) is 0 Å². The van der Waals surface area contributed by atoms with E-state index in [0.29, 0.717) is 6.54 Å². The third kappa shape index (κ3) is 4.94. The van der Waals surface area contributed by atoms with Crippen LogP contribution in [0.5, 0.6) is 0 Å². The monoisotopic (exact) mass is 263 g/mol. The molecule has 0 aromatic carbocycles. The molecule has 1 fully saturated rings. The molecular weight excluding hydrogens is 238 g/mol. The van der Waals surface area contributed by atoms with Crippen molar-refractivity contribution in [3.8, 4) is 0 Å². The summed E-state index contributed by atoms with van der Waals surface area (Å²) in [5.74, 6) is 0.551. The highest BCUT2D eigenvalue weighted by Crippen LogP contribution is 2.24. The van der Waals surface area contributed by atoms with E-state index < -0.39 is 10.0 Å². The average molecular weight is 263 g/mol. The molecule has 1 aliphatic rings. The van der Waals surface area contributed by atoms with Gasteiger partial charge in [-0.25, -0.2) is 13.1 Å². The summed E-state index contributed by atoms with van der Waals surface area (Å²) in [7, 11) is -3.18. The van der Waals surface area contributed by atoms with Gasteiger partial charge in [0.2, 0.25) is 10.0 Å². The van der Waals surface area contributed by atoms with Crippen molar-refractivity contribution in [2.75, 3.05) is 12.3 Å². The molecule has 1 saturated carbocycles. The third-order valence-electron chi connectivity index (χ3n) is 3.79. The maximum atomic E-state index is 11.8. The lowest BCUT2D eigenvalue weighted by atomic mass is 10.1. The van der Waals surface area contributed by atoms with Crippen LogP contribution in [0.3, 0.4) is 0 Å². The molecule has 5 heteroatoms. The molecule has 0 aromatic heterocycles. The number of nitrogens with one attached hydrogen (secondary N) is 1. The molecule has 0 amide bonds. The summed E-state index contributed by atoms with van der Waals surface area (Å²) in [6.07, 6.45) is 4.19. The molecule has 0 heterocycles. The van der Waals surface area contributed by atoms with Crippen LogP contribution in [0.2, 0.25) is 0 Å². The van der Waals surface area contributed by atoms with Crippen LogP contribution in [0.15, 0.2) is 0 Å². The fourth-order valence-electron chi connectivity index (χ4n) is 2.38. The van der Waals surface area contributed by atoms with E-state index in [1.165, 1.54) is 0 Å². The van der Waals surface area contributed by atoms with Gasteiger partial charge in [0.15, 0.2) is 0 Å². The molecule has 17 heavy (non-hydrogen) atoms. The van der Waals surface area contributed by atoms with Crippen LogP contribution < -0.4 is 4.72 Å². The molecule has 0 bridgehead atoms. The van der Waals surface area contributed by atoms with Crippen molar-refractivity contribution in [3.63, 3.8) is 0 Å². The Morgan fingerprint density at radius 3 is 2.41 bits per heavy atom. The number of sulfonamides is 1. The van der Waals surface area contributed by atoms with Gasteiger partial charge in [-0.3, -0.25) is 0 Å². The quantitative estimate of drug-likeness (QED) is 0.731. The maximum Gasteiger partial charge on any atom is 0.211 e. The SMILES string of the molecule is CCC(CC)CS(=O)(=O)NCC1CCCC1O. The predicted octanol–water partition coefficient (Wildman–Crippen LogP) is 1.50. The second-order valence-electron chi connectivity index (χ2n) is 5.07. The first-order chi connectivity index (χ1) is 7.98. The van der Waals surface area contributed by atoms with Gasteiger partial charge in [0.05, 0.1) is 11.9 Å². The van der Waals surface area contributed by atoms with Gasteiger partial charge < -0.3 is 5.11 Å². The summed E-state index contributed by atoms with van der Waals surface area (Å²) in [5.41, 5.74) is 0. The van der Waals surface area contributed by atoms with Gasteiger partial charge in [0.1, 0.15) is 0 Å². The highest BCUT2D eigenvalue weighted by atomic mass is 32.2. The number of aliphatic hydroxyl groups is 1. The van der Waals surface area contributed by atoms with Crippen LogP contribution in [-0.2, 0) is 10.0 Å².